The van der Waals surface area contributed by atoms with Crippen molar-refractivity contribution in [1.82, 2.24) is 24.9 Å². The lowest BCUT2D eigenvalue weighted by Crippen LogP contribution is -2.49. The van der Waals surface area contributed by atoms with Gasteiger partial charge in [-0.15, -0.1) is 0 Å². The molecule has 4 aliphatic carbocycles. The molecule has 7 rings (SSSR count). The second-order valence-electron chi connectivity index (χ2n) is 10.5. The quantitative estimate of drug-likeness (QED) is 0.657. The van der Waals surface area contributed by atoms with Gasteiger partial charge >= 0.3 is 0 Å². The number of amides is 1. The highest BCUT2D eigenvalue weighted by molar-refractivity contribution is 5.95. The maximum Gasteiger partial charge on any atom is 0.255 e. The molecule has 2 aromatic heterocycles. The Kier molecular flexibility index (Phi) is 4.52. The SMILES string of the molecule is Cc1cc(CNC(=O)c2cn(-c3ccccc3)nc2C23CC4CC(CC(C4)C2)C3)nn1C. The molecule has 1 amide bonds. The lowest BCUT2D eigenvalue weighted by Gasteiger charge is -2.56. The van der Waals surface area contributed by atoms with Crippen LogP contribution < -0.4 is 5.32 Å². The molecule has 0 unspecified atom stereocenters. The number of hydrogen-bond acceptors (Lipinski definition) is 3. The van der Waals surface area contributed by atoms with E-state index in [1.54, 1.807) is 0 Å². The minimum atomic E-state index is -0.0405. The molecule has 166 valence electrons. The van der Waals surface area contributed by atoms with Crippen LogP contribution >= 0.6 is 0 Å². The van der Waals surface area contributed by atoms with E-state index in [1.807, 2.05) is 53.8 Å². The maximum absolute atomic E-state index is 13.5. The lowest BCUT2D eigenvalue weighted by atomic mass is 9.48. The summed E-state index contributed by atoms with van der Waals surface area (Å²) in [4.78, 5) is 13.5. The van der Waals surface area contributed by atoms with E-state index < -0.39 is 0 Å². The first-order valence-electron chi connectivity index (χ1n) is 11.9. The van der Waals surface area contributed by atoms with E-state index in [0.29, 0.717) is 6.54 Å². The van der Waals surface area contributed by atoms with E-state index in [1.165, 1.54) is 38.5 Å². The lowest BCUT2D eigenvalue weighted by molar-refractivity contribution is -0.00770. The first-order valence-corrected chi connectivity index (χ1v) is 11.9. The van der Waals surface area contributed by atoms with Gasteiger partial charge in [-0.05, 0) is 81.4 Å². The van der Waals surface area contributed by atoms with Gasteiger partial charge in [0, 0.05) is 24.4 Å². The zero-order valence-electron chi connectivity index (χ0n) is 18.9. The molecule has 1 N–H and O–H groups in total. The van der Waals surface area contributed by atoms with E-state index in [-0.39, 0.29) is 11.3 Å². The molecule has 4 saturated carbocycles. The predicted molar refractivity (Wildman–Crippen MR) is 123 cm³/mol. The third-order valence-electron chi connectivity index (χ3n) is 8.11. The fourth-order valence-electron chi connectivity index (χ4n) is 7.03. The topological polar surface area (TPSA) is 64.7 Å². The Bertz CT molecular complexity index is 1100. The summed E-state index contributed by atoms with van der Waals surface area (Å²) in [5.41, 5.74) is 4.78. The molecule has 0 aliphatic heterocycles. The number of aromatic nitrogens is 4. The van der Waals surface area contributed by atoms with Crippen LogP contribution in [0.25, 0.3) is 5.69 Å². The van der Waals surface area contributed by atoms with Crippen LogP contribution in [0.15, 0.2) is 42.6 Å². The van der Waals surface area contributed by atoms with Crippen LogP contribution in [0.5, 0.6) is 0 Å². The second kappa shape index (κ2) is 7.32. The highest BCUT2D eigenvalue weighted by Crippen LogP contribution is 2.60. The van der Waals surface area contributed by atoms with Crippen LogP contribution in [0.4, 0.5) is 0 Å². The summed E-state index contributed by atoms with van der Waals surface area (Å²) < 4.78 is 3.75. The molecule has 32 heavy (non-hydrogen) atoms. The molecule has 4 fully saturated rings. The molecular weight excluding hydrogens is 398 g/mol. The average Bonchev–Trinajstić information content (AvgIpc) is 3.36. The molecule has 4 bridgehead atoms. The Balaban J connectivity index is 1.36. The molecule has 3 aromatic rings. The molecule has 4 aliphatic rings. The van der Waals surface area contributed by atoms with Crippen LogP contribution in [-0.2, 0) is 19.0 Å². The number of nitrogens with one attached hydrogen (secondary N) is 1. The first-order chi connectivity index (χ1) is 15.5. The summed E-state index contributed by atoms with van der Waals surface area (Å²) >= 11 is 0. The van der Waals surface area contributed by atoms with Gasteiger partial charge in [0.15, 0.2) is 0 Å². The summed E-state index contributed by atoms with van der Waals surface area (Å²) in [5, 5.41) is 12.7. The standard InChI is InChI=1S/C26H31N5O/c1-17-8-21(28-30(17)2)15-27-25(32)23-16-31(22-6-4-3-5-7-22)29-24(23)26-12-18-9-19(13-26)11-20(10-18)14-26/h3-8,16,18-20H,9-15H2,1-2H3,(H,27,32). The highest BCUT2D eigenvalue weighted by atomic mass is 16.1. The number of hydrogen-bond donors (Lipinski definition) is 1. The van der Waals surface area contributed by atoms with E-state index in [9.17, 15) is 4.79 Å². The summed E-state index contributed by atoms with van der Waals surface area (Å²) in [5.74, 6) is 2.36. The molecule has 1 aromatic carbocycles. The molecule has 6 nitrogen and oxygen atoms in total. The van der Waals surface area contributed by atoms with Gasteiger partial charge in [0.05, 0.1) is 29.2 Å². The van der Waals surface area contributed by atoms with Crippen molar-refractivity contribution in [1.29, 1.82) is 0 Å². The highest BCUT2D eigenvalue weighted by Gasteiger charge is 2.53. The normalized spacial score (nSPS) is 28.2. The van der Waals surface area contributed by atoms with Crippen molar-refractivity contribution in [3.05, 3.63) is 65.2 Å². The predicted octanol–water partition coefficient (Wildman–Crippen LogP) is 4.31. The summed E-state index contributed by atoms with van der Waals surface area (Å²) in [6, 6.07) is 12.2. The Morgan fingerprint density at radius 2 is 1.72 bits per heavy atom. The minimum Gasteiger partial charge on any atom is -0.346 e. The monoisotopic (exact) mass is 429 g/mol. The van der Waals surface area contributed by atoms with Crippen LogP contribution in [0.3, 0.4) is 0 Å². The van der Waals surface area contributed by atoms with Gasteiger partial charge in [-0.1, -0.05) is 18.2 Å². The van der Waals surface area contributed by atoms with E-state index in [2.05, 4.69) is 22.5 Å². The van der Waals surface area contributed by atoms with Crippen LogP contribution in [0.1, 0.15) is 66.0 Å². The Labute approximate surface area is 189 Å². The van der Waals surface area contributed by atoms with Crippen LogP contribution in [0, 0.1) is 24.7 Å². The smallest absolute Gasteiger partial charge is 0.255 e. The molecular formula is C26H31N5O. The van der Waals surface area contributed by atoms with Crippen molar-refractivity contribution in [2.24, 2.45) is 24.8 Å². The third-order valence-corrected chi connectivity index (χ3v) is 8.11. The molecule has 6 heteroatoms. The number of carbonyl (C=O) groups excluding carboxylic acids is 1. The van der Waals surface area contributed by atoms with Crippen molar-refractivity contribution >= 4 is 5.91 Å². The largest absolute Gasteiger partial charge is 0.346 e. The van der Waals surface area contributed by atoms with Gasteiger partial charge in [0.25, 0.3) is 5.91 Å². The molecule has 0 spiro atoms. The molecule has 0 radical (unpaired) electrons. The van der Waals surface area contributed by atoms with Gasteiger partial charge in [-0.2, -0.15) is 10.2 Å². The number of carbonyl (C=O) groups is 1. The minimum absolute atomic E-state index is 0.0405. The maximum atomic E-state index is 13.5. The fourth-order valence-corrected chi connectivity index (χ4v) is 7.03. The van der Waals surface area contributed by atoms with E-state index in [4.69, 9.17) is 5.10 Å². The zero-order chi connectivity index (χ0) is 21.9. The van der Waals surface area contributed by atoms with Crippen molar-refractivity contribution in [3.63, 3.8) is 0 Å². The fraction of sp³-hybridized carbons (Fsp3) is 0.500. The second-order valence-corrected chi connectivity index (χ2v) is 10.5. The average molecular weight is 430 g/mol. The Morgan fingerprint density at radius 3 is 2.31 bits per heavy atom. The summed E-state index contributed by atoms with van der Waals surface area (Å²) in [6.07, 6.45) is 9.62. The van der Waals surface area contributed by atoms with Gasteiger partial charge in [-0.3, -0.25) is 9.48 Å². The molecule has 2 heterocycles. The number of aryl methyl sites for hydroxylation is 2. The molecule has 0 saturated heterocycles. The Hall–Kier alpha value is -2.89. The van der Waals surface area contributed by atoms with Gasteiger partial charge in [0.1, 0.15) is 0 Å². The first kappa shape index (κ1) is 19.8. The van der Waals surface area contributed by atoms with Crippen molar-refractivity contribution in [2.75, 3.05) is 0 Å². The van der Waals surface area contributed by atoms with Gasteiger partial charge in [-0.25, -0.2) is 4.68 Å². The van der Waals surface area contributed by atoms with Crippen LogP contribution in [0.2, 0.25) is 0 Å². The van der Waals surface area contributed by atoms with Crippen molar-refractivity contribution < 1.29 is 4.79 Å². The van der Waals surface area contributed by atoms with Crippen LogP contribution in [-0.4, -0.2) is 25.5 Å². The molecule has 0 atom stereocenters. The number of benzene rings is 1. The third kappa shape index (κ3) is 3.28. The van der Waals surface area contributed by atoms with Gasteiger partial charge in [0.2, 0.25) is 0 Å². The van der Waals surface area contributed by atoms with Crippen molar-refractivity contribution in [2.45, 2.75) is 57.4 Å². The summed E-state index contributed by atoms with van der Waals surface area (Å²) in [6.45, 7) is 2.45. The summed E-state index contributed by atoms with van der Waals surface area (Å²) in [7, 11) is 1.93. The van der Waals surface area contributed by atoms with Crippen molar-refractivity contribution in [3.8, 4) is 5.69 Å². The number of rotatable bonds is 5. The van der Waals surface area contributed by atoms with E-state index >= 15 is 0 Å². The van der Waals surface area contributed by atoms with Gasteiger partial charge < -0.3 is 5.32 Å². The zero-order valence-corrected chi connectivity index (χ0v) is 18.9. The number of nitrogens with zero attached hydrogens (tertiary/aromatic N) is 4. The Morgan fingerprint density at radius 1 is 1.06 bits per heavy atom. The number of para-hydroxylation sites is 1. The van der Waals surface area contributed by atoms with E-state index in [0.717, 1.165) is 46.1 Å².